The lowest BCUT2D eigenvalue weighted by molar-refractivity contribution is -0.143. The van der Waals surface area contributed by atoms with Gasteiger partial charge in [-0.2, -0.15) is 22.6 Å². The Kier molecular flexibility index (Phi) is 6.14. The summed E-state index contributed by atoms with van der Waals surface area (Å²) in [7, 11) is -3.60. The maximum Gasteiger partial charge on any atom is 0.436 e. The predicted octanol–water partition coefficient (Wildman–Crippen LogP) is 3.13. The molecule has 13 heteroatoms. The van der Waals surface area contributed by atoms with Crippen molar-refractivity contribution in [1.29, 1.82) is 0 Å². The van der Waals surface area contributed by atoms with E-state index >= 15 is 0 Å². The Balaban J connectivity index is 1.71. The molecule has 2 aromatic heterocycles. The third kappa shape index (κ3) is 4.23. The van der Waals surface area contributed by atoms with Crippen LogP contribution in [0.3, 0.4) is 0 Å². The van der Waals surface area contributed by atoms with E-state index in [-0.39, 0.29) is 40.6 Å². The molecule has 1 unspecified atom stereocenters. The van der Waals surface area contributed by atoms with E-state index in [1.807, 2.05) is 0 Å². The molecular weight excluding hydrogens is 497 g/mol. The molecule has 0 N–H and O–H groups in total. The number of sulfonamides is 1. The van der Waals surface area contributed by atoms with Gasteiger partial charge in [0.25, 0.3) is 10.0 Å². The molecule has 1 amide bonds. The minimum absolute atomic E-state index is 0.119. The number of thiophene rings is 1. The standard InChI is InChI=1S/C16H18BrF3N4O3S2/c1-10-13(17)14(16(18,19)20)21-24(10)11(2)15(25)22-5-7-23(8-6-22)29(26,27)12-4-3-9-28-12/h3-4,9,11H,5-8H2,1-2H3. The van der Waals surface area contributed by atoms with Gasteiger partial charge in [-0.05, 0) is 41.2 Å². The van der Waals surface area contributed by atoms with Crippen LogP contribution in [0.25, 0.3) is 0 Å². The summed E-state index contributed by atoms with van der Waals surface area (Å²) in [6.07, 6.45) is -4.64. The van der Waals surface area contributed by atoms with Crippen molar-refractivity contribution in [1.82, 2.24) is 19.0 Å². The number of amides is 1. The van der Waals surface area contributed by atoms with Gasteiger partial charge in [0.2, 0.25) is 5.91 Å². The minimum Gasteiger partial charge on any atom is -0.338 e. The number of hydrogen-bond acceptors (Lipinski definition) is 5. The fraction of sp³-hybridized carbons (Fsp3) is 0.500. The van der Waals surface area contributed by atoms with Crippen LogP contribution in [0.1, 0.15) is 24.4 Å². The van der Waals surface area contributed by atoms with E-state index in [2.05, 4.69) is 21.0 Å². The summed E-state index contributed by atoms with van der Waals surface area (Å²) >= 11 is 4.02. The first kappa shape index (κ1) is 22.2. The lowest BCUT2D eigenvalue weighted by Crippen LogP contribution is -2.51. The molecule has 160 valence electrons. The van der Waals surface area contributed by atoms with E-state index in [0.717, 1.165) is 16.0 Å². The minimum atomic E-state index is -4.64. The lowest BCUT2D eigenvalue weighted by Gasteiger charge is -2.35. The van der Waals surface area contributed by atoms with Crippen LogP contribution < -0.4 is 0 Å². The molecule has 7 nitrogen and oxygen atoms in total. The number of carbonyl (C=O) groups is 1. The Bertz CT molecular complexity index is 998. The molecule has 1 aliphatic rings. The smallest absolute Gasteiger partial charge is 0.338 e. The number of piperazine rings is 1. The van der Waals surface area contributed by atoms with Crippen LogP contribution in [0, 0.1) is 6.92 Å². The van der Waals surface area contributed by atoms with E-state index in [4.69, 9.17) is 0 Å². The highest BCUT2D eigenvalue weighted by Gasteiger charge is 2.39. The maximum atomic E-state index is 13.1. The fourth-order valence-corrected chi connectivity index (χ4v) is 6.16. The first-order chi connectivity index (χ1) is 13.4. The van der Waals surface area contributed by atoms with Gasteiger partial charge in [0.05, 0.1) is 10.2 Å². The molecule has 2 aromatic rings. The summed E-state index contributed by atoms with van der Waals surface area (Å²) in [6, 6.07) is 2.22. The van der Waals surface area contributed by atoms with E-state index in [9.17, 15) is 26.4 Å². The number of carbonyl (C=O) groups excluding carboxylic acids is 1. The zero-order valence-corrected chi connectivity index (χ0v) is 18.7. The van der Waals surface area contributed by atoms with Crippen molar-refractivity contribution in [3.63, 3.8) is 0 Å². The Labute approximate surface area is 178 Å². The van der Waals surface area contributed by atoms with Crippen LogP contribution in [-0.2, 0) is 21.0 Å². The molecule has 0 bridgehead atoms. The molecule has 3 rings (SSSR count). The van der Waals surface area contributed by atoms with Gasteiger partial charge in [-0.25, -0.2) is 8.42 Å². The molecule has 3 heterocycles. The van der Waals surface area contributed by atoms with E-state index < -0.39 is 33.8 Å². The normalized spacial score (nSPS) is 17.5. The summed E-state index contributed by atoms with van der Waals surface area (Å²) in [5.74, 6) is -0.412. The highest BCUT2D eigenvalue weighted by atomic mass is 79.9. The quantitative estimate of drug-likeness (QED) is 0.628. The van der Waals surface area contributed by atoms with Crippen molar-refractivity contribution >= 4 is 43.2 Å². The van der Waals surface area contributed by atoms with Crippen molar-refractivity contribution < 1.29 is 26.4 Å². The van der Waals surface area contributed by atoms with Gasteiger partial charge in [-0.1, -0.05) is 6.07 Å². The van der Waals surface area contributed by atoms with E-state index in [1.165, 1.54) is 29.1 Å². The van der Waals surface area contributed by atoms with Crippen LogP contribution in [0.4, 0.5) is 13.2 Å². The van der Waals surface area contributed by atoms with Crippen molar-refractivity contribution in [2.24, 2.45) is 0 Å². The SMILES string of the molecule is Cc1c(Br)c(C(F)(F)F)nn1C(C)C(=O)N1CCN(S(=O)(=O)c2cccs2)CC1. The zero-order chi connectivity index (χ0) is 21.6. The van der Waals surface area contributed by atoms with Crippen molar-refractivity contribution in [2.45, 2.75) is 30.3 Å². The van der Waals surface area contributed by atoms with E-state index in [1.54, 1.807) is 11.4 Å². The maximum absolute atomic E-state index is 13.1. The van der Waals surface area contributed by atoms with Crippen LogP contribution in [-0.4, -0.2) is 59.5 Å². The first-order valence-electron chi connectivity index (χ1n) is 8.59. The number of aromatic nitrogens is 2. The predicted molar refractivity (Wildman–Crippen MR) is 104 cm³/mol. The number of halogens is 4. The van der Waals surface area contributed by atoms with Crippen LogP contribution in [0.5, 0.6) is 0 Å². The average Bonchev–Trinajstić information content (AvgIpc) is 3.30. The lowest BCUT2D eigenvalue weighted by atomic mass is 10.2. The number of alkyl halides is 3. The number of nitrogens with zero attached hydrogens (tertiary/aromatic N) is 4. The van der Waals surface area contributed by atoms with Gasteiger partial charge in [0, 0.05) is 26.2 Å². The third-order valence-corrected chi connectivity index (χ3v) is 8.93. The molecule has 29 heavy (non-hydrogen) atoms. The van der Waals surface area contributed by atoms with Crippen molar-refractivity contribution in [3.8, 4) is 0 Å². The Morgan fingerprint density at radius 3 is 2.38 bits per heavy atom. The fourth-order valence-electron chi connectivity index (χ4n) is 3.11. The van der Waals surface area contributed by atoms with Gasteiger partial charge >= 0.3 is 6.18 Å². The molecule has 0 spiro atoms. The average molecular weight is 515 g/mol. The topological polar surface area (TPSA) is 75.5 Å². The highest BCUT2D eigenvalue weighted by molar-refractivity contribution is 9.10. The van der Waals surface area contributed by atoms with E-state index in [0.29, 0.717) is 0 Å². The van der Waals surface area contributed by atoms with Gasteiger partial charge in [0.15, 0.2) is 5.69 Å². The number of hydrogen-bond donors (Lipinski definition) is 0. The molecule has 1 saturated heterocycles. The number of rotatable bonds is 4. The molecule has 0 radical (unpaired) electrons. The van der Waals surface area contributed by atoms with Gasteiger partial charge in [0.1, 0.15) is 10.3 Å². The van der Waals surface area contributed by atoms with Gasteiger partial charge in [-0.15, -0.1) is 11.3 Å². The monoisotopic (exact) mass is 514 g/mol. The molecule has 0 aromatic carbocycles. The summed E-state index contributed by atoms with van der Waals surface area (Å²) in [4.78, 5) is 14.3. The van der Waals surface area contributed by atoms with Crippen LogP contribution in [0.2, 0.25) is 0 Å². The van der Waals surface area contributed by atoms with Gasteiger partial charge < -0.3 is 4.90 Å². The Morgan fingerprint density at radius 1 is 1.28 bits per heavy atom. The summed E-state index contributed by atoms with van der Waals surface area (Å²) < 4.78 is 66.7. The van der Waals surface area contributed by atoms with Crippen molar-refractivity contribution in [2.75, 3.05) is 26.2 Å². The third-order valence-electron chi connectivity index (χ3n) is 4.71. The van der Waals surface area contributed by atoms with Crippen LogP contribution in [0.15, 0.2) is 26.2 Å². The zero-order valence-electron chi connectivity index (χ0n) is 15.5. The second-order valence-corrected chi connectivity index (χ2v) is 10.4. The largest absolute Gasteiger partial charge is 0.436 e. The molecular formula is C16H18BrF3N4O3S2. The van der Waals surface area contributed by atoms with Crippen molar-refractivity contribution in [3.05, 3.63) is 33.4 Å². The summed E-state index contributed by atoms with van der Waals surface area (Å²) in [6.45, 7) is 3.47. The molecule has 1 fully saturated rings. The first-order valence-corrected chi connectivity index (χ1v) is 11.7. The molecule has 1 aliphatic heterocycles. The molecule has 0 saturated carbocycles. The second-order valence-electron chi connectivity index (χ2n) is 6.53. The summed E-state index contributed by atoms with van der Waals surface area (Å²) in [5, 5.41) is 5.25. The highest BCUT2D eigenvalue weighted by Crippen LogP contribution is 2.36. The Morgan fingerprint density at radius 2 is 1.90 bits per heavy atom. The second kappa shape index (κ2) is 8.00. The molecule has 1 atom stereocenters. The Hall–Kier alpha value is -1.44. The van der Waals surface area contributed by atoms with Gasteiger partial charge in [-0.3, -0.25) is 9.48 Å². The molecule has 0 aliphatic carbocycles. The van der Waals surface area contributed by atoms with Crippen LogP contribution >= 0.6 is 27.3 Å². The summed E-state index contributed by atoms with van der Waals surface area (Å²) in [5.41, 5.74) is -0.890.